The predicted molar refractivity (Wildman–Crippen MR) is 72.9 cm³/mol. The molecule has 0 fully saturated rings. The second kappa shape index (κ2) is 6.45. The molecule has 0 aliphatic rings. The molecule has 7 nitrogen and oxygen atoms in total. The number of aliphatic hydroxyl groups excluding tert-OH is 1. The van der Waals surface area contributed by atoms with Gasteiger partial charge in [0.15, 0.2) is 0 Å². The second-order valence-corrected chi connectivity index (χ2v) is 4.10. The Bertz CT molecular complexity index is 710. The number of aliphatic hydroxyl groups is 1. The fourth-order valence-corrected chi connectivity index (χ4v) is 1.74. The van der Waals surface area contributed by atoms with E-state index in [2.05, 4.69) is 4.98 Å². The van der Waals surface area contributed by atoms with E-state index in [1.165, 1.54) is 0 Å². The average Bonchev–Trinajstić information content (AvgIpc) is 2.49. The molecule has 0 amide bonds. The molecule has 0 saturated heterocycles. The van der Waals surface area contributed by atoms with Crippen LogP contribution >= 0.6 is 0 Å². The van der Waals surface area contributed by atoms with Gasteiger partial charge in [0.2, 0.25) is 5.88 Å². The number of rotatable bonds is 5. The summed E-state index contributed by atoms with van der Waals surface area (Å²) in [4.78, 5) is 13.9. The number of aromatic nitrogens is 1. The largest absolute Gasteiger partial charge is 0.437 e. The van der Waals surface area contributed by atoms with Gasteiger partial charge in [-0.1, -0.05) is 18.2 Å². The van der Waals surface area contributed by atoms with Crippen LogP contribution in [0.3, 0.4) is 0 Å². The molecule has 0 unspecified atom stereocenters. The summed E-state index contributed by atoms with van der Waals surface area (Å²) in [6.07, 6.45) is 1.43. The molecule has 0 saturated carbocycles. The quantitative estimate of drug-likeness (QED) is 0.666. The van der Waals surface area contributed by atoms with E-state index in [9.17, 15) is 10.1 Å². The number of para-hydroxylation sites is 1. The number of hydrogen-bond acceptors (Lipinski definition) is 6. The van der Waals surface area contributed by atoms with Crippen LogP contribution in [0.25, 0.3) is 0 Å². The lowest BCUT2D eigenvalue weighted by atomic mass is 10.1. The highest BCUT2D eigenvalue weighted by Crippen LogP contribution is 2.28. The number of nitriles is 1. The van der Waals surface area contributed by atoms with E-state index in [-0.39, 0.29) is 23.7 Å². The van der Waals surface area contributed by atoms with E-state index >= 15 is 0 Å². The molecule has 0 atom stereocenters. The number of nitrogens with zero attached hydrogens (tertiary/aromatic N) is 3. The van der Waals surface area contributed by atoms with Crippen molar-refractivity contribution in [3.8, 4) is 17.7 Å². The zero-order chi connectivity index (χ0) is 15.2. The Morgan fingerprint density at radius 1 is 1.43 bits per heavy atom. The van der Waals surface area contributed by atoms with Gasteiger partial charge >= 0.3 is 0 Å². The maximum atomic E-state index is 10.7. The summed E-state index contributed by atoms with van der Waals surface area (Å²) in [5.74, 6) is 0.442. The number of hydrogen-bond donors (Lipinski definition) is 1. The van der Waals surface area contributed by atoms with Crippen LogP contribution in [0, 0.1) is 21.4 Å². The summed E-state index contributed by atoms with van der Waals surface area (Å²) in [7, 11) is 0. The van der Waals surface area contributed by atoms with E-state index in [1.807, 2.05) is 6.07 Å². The maximum absolute atomic E-state index is 10.7. The number of benzene rings is 1. The zero-order valence-electron chi connectivity index (χ0n) is 10.9. The van der Waals surface area contributed by atoms with Crippen molar-refractivity contribution in [2.75, 3.05) is 6.61 Å². The first-order chi connectivity index (χ1) is 10.2. The number of pyridine rings is 1. The van der Waals surface area contributed by atoms with Crippen molar-refractivity contribution >= 4 is 5.69 Å². The minimum absolute atomic E-state index is 0.00603. The van der Waals surface area contributed by atoms with Gasteiger partial charge < -0.3 is 9.84 Å². The van der Waals surface area contributed by atoms with Crippen LogP contribution in [-0.4, -0.2) is 21.6 Å². The van der Waals surface area contributed by atoms with E-state index in [1.54, 1.807) is 24.3 Å². The monoisotopic (exact) mass is 285 g/mol. The van der Waals surface area contributed by atoms with Crippen molar-refractivity contribution < 1.29 is 14.8 Å². The Morgan fingerprint density at radius 3 is 2.86 bits per heavy atom. The van der Waals surface area contributed by atoms with Crippen molar-refractivity contribution in [2.45, 2.75) is 6.42 Å². The summed E-state index contributed by atoms with van der Waals surface area (Å²) in [6.45, 7) is -0.0425. The fourth-order valence-electron chi connectivity index (χ4n) is 1.74. The highest BCUT2D eigenvalue weighted by atomic mass is 16.6. The summed E-state index contributed by atoms with van der Waals surface area (Å²) in [6, 6.07) is 9.93. The van der Waals surface area contributed by atoms with Gasteiger partial charge in [0, 0.05) is 12.7 Å². The Hall–Kier alpha value is -2.98. The summed E-state index contributed by atoms with van der Waals surface area (Å²) >= 11 is 0. The van der Waals surface area contributed by atoms with Crippen molar-refractivity contribution in [3.05, 3.63) is 57.8 Å². The minimum Gasteiger partial charge on any atom is -0.437 e. The van der Waals surface area contributed by atoms with Crippen molar-refractivity contribution in [3.63, 3.8) is 0 Å². The molecular formula is C14H11N3O4. The second-order valence-electron chi connectivity index (χ2n) is 4.10. The molecular weight excluding hydrogens is 274 g/mol. The maximum Gasteiger partial charge on any atom is 0.289 e. The van der Waals surface area contributed by atoms with E-state index in [0.717, 1.165) is 17.8 Å². The average molecular weight is 285 g/mol. The Balaban J connectivity index is 2.36. The molecule has 1 heterocycles. The van der Waals surface area contributed by atoms with Gasteiger partial charge in [-0.05, 0) is 18.1 Å². The van der Waals surface area contributed by atoms with Gasteiger partial charge in [0.25, 0.3) is 5.69 Å². The molecule has 0 aliphatic heterocycles. The van der Waals surface area contributed by atoms with Crippen LogP contribution in [0.4, 0.5) is 5.69 Å². The van der Waals surface area contributed by atoms with Gasteiger partial charge in [-0.15, -0.1) is 0 Å². The molecule has 0 radical (unpaired) electrons. The van der Waals surface area contributed by atoms with Crippen molar-refractivity contribution in [1.29, 1.82) is 5.26 Å². The SMILES string of the molecule is N#Cc1cc([N+](=O)[O-])cnc1Oc1ccccc1CCO. The van der Waals surface area contributed by atoms with Crippen molar-refractivity contribution in [1.82, 2.24) is 4.98 Å². The van der Waals surface area contributed by atoms with Crippen LogP contribution in [0.5, 0.6) is 11.6 Å². The summed E-state index contributed by atoms with van der Waals surface area (Å²) < 4.78 is 5.55. The van der Waals surface area contributed by atoms with E-state index < -0.39 is 4.92 Å². The van der Waals surface area contributed by atoms with Crippen molar-refractivity contribution in [2.24, 2.45) is 0 Å². The molecule has 2 aromatic rings. The third-order valence-corrected chi connectivity index (χ3v) is 2.73. The lowest BCUT2D eigenvalue weighted by Gasteiger charge is -2.10. The lowest BCUT2D eigenvalue weighted by Crippen LogP contribution is -1.99. The van der Waals surface area contributed by atoms with Crippen LogP contribution < -0.4 is 4.74 Å². The van der Waals surface area contributed by atoms with E-state index in [0.29, 0.717) is 12.2 Å². The van der Waals surface area contributed by atoms with Crippen LogP contribution in [0.1, 0.15) is 11.1 Å². The molecule has 1 aromatic carbocycles. The number of nitro groups is 1. The van der Waals surface area contributed by atoms with Gasteiger partial charge in [0.05, 0.1) is 4.92 Å². The molecule has 1 N–H and O–H groups in total. The Morgan fingerprint density at radius 2 is 2.19 bits per heavy atom. The van der Waals surface area contributed by atoms with Gasteiger partial charge in [-0.3, -0.25) is 10.1 Å². The first-order valence-corrected chi connectivity index (χ1v) is 6.07. The molecule has 2 rings (SSSR count). The smallest absolute Gasteiger partial charge is 0.289 e. The van der Waals surface area contributed by atoms with Crippen LogP contribution in [-0.2, 0) is 6.42 Å². The fraction of sp³-hybridized carbons (Fsp3) is 0.143. The first-order valence-electron chi connectivity index (χ1n) is 6.07. The lowest BCUT2D eigenvalue weighted by molar-refractivity contribution is -0.385. The van der Waals surface area contributed by atoms with Gasteiger partial charge in [-0.25, -0.2) is 4.98 Å². The van der Waals surface area contributed by atoms with Gasteiger partial charge in [-0.2, -0.15) is 5.26 Å². The highest BCUT2D eigenvalue weighted by molar-refractivity contribution is 5.47. The Kier molecular flexibility index (Phi) is 4.43. The summed E-state index contributed by atoms with van der Waals surface area (Å²) in [5, 5.41) is 28.7. The molecule has 1 aromatic heterocycles. The standard InChI is InChI=1S/C14H11N3O4/c15-8-11-7-12(17(19)20)9-16-14(11)21-13-4-2-1-3-10(13)5-6-18/h1-4,7,9,18H,5-6H2. The number of ether oxygens (including phenoxy) is 1. The van der Waals surface area contributed by atoms with Gasteiger partial charge in [0.1, 0.15) is 23.6 Å². The third-order valence-electron chi connectivity index (χ3n) is 2.73. The predicted octanol–water partition coefficient (Wildman–Crippen LogP) is 2.19. The summed E-state index contributed by atoms with van der Waals surface area (Å²) in [5.41, 5.74) is 0.453. The first kappa shape index (κ1) is 14.4. The molecule has 0 aliphatic carbocycles. The molecule has 0 bridgehead atoms. The Labute approximate surface area is 120 Å². The zero-order valence-corrected chi connectivity index (χ0v) is 10.9. The van der Waals surface area contributed by atoms with E-state index in [4.69, 9.17) is 15.1 Å². The topological polar surface area (TPSA) is 109 Å². The van der Waals surface area contributed by atoms with Crippen LogP contribution in [0.2, 0.25) is 0 Å². The normalized spacial score (nSPS) is 9.90. The molecule has 21 heavy (non-hydrogen) atoms. The van der Waals surface area contributed by atoms with Crippen LogP contribution in [0.15, 0.2) is 36.5 Å². The highest BCUT2D eigenvalue weighted by Gasteiger charge is 2.15. The molecule has 106 valence electrons. The minimum atomic E-state index is -0.628. The third kappa shape index (κ3) is 3.32. The molecule has 0 spiro atoms. The molecule has 7 heteroatoms.